The predicted molar refractivity (Wildman–Crippen MR) is 215 cm³/mol. The van der Waals surface area contributed by atoms with E-state index in [-0.39, 0.29) is 0 Å². The molecule has 3 heterocycles. The molecule has 0 spiro atoms. The van der Waals surface area contributed by atoms with Gasteiger partial charge in [0.1, 0.15) is 0 Å². The van der Waals surface area contributed by atoms with E-state index in [1.807, 2.05) is 0 Å². The van der Waals surface area contributed by atoms with Crippen LogP contribution in [0.1, 0.15) is 0 Å². The maximum atomic E-state index is 2.47. The van der Waals surface area contributed by atoms with E-state index in [9.17, 15) is 0 Å². The first kappa shape index (κ1) is 28.0. The summed E-state index contributed by atoms with van der Waals surface area (Å²) in [5.74, 6) is 0. The van der Waals surface area contributed by atoms with Crippen LogP contribution < -0.4 is 0 Å². The van der Waals surface area contributed by atoms with E-state index in [1.165, 1.54) is 82.2 Å². The number of fused-ring (bicyclic) bond motifs is 10. The van der Waals surface area contributed by atoms with Crippen molar-refractivity contribution >= 4 is 65.4 Å². The lowest BCUT2D eigenvalue weighted by atomic mass is 9.99. The van der Waals surface area contributed by atoms with Crippen LogP contribution in [-0.4, -0.2) is 13.7 Å². The van der Waals surface area contributed by atoms with Crippen LogP contribution in [0.4, 0.5) is 0 Å². The Hall–Kier alpha value is -6.84. The normalized spacial score (nSPS) is 11.9. The molecule has 0 N–H and O–H groups in total. The van der Waals surface area contributed by atoms with E-state index in [0.29, 0.717) is 0 Å². The van der Waals surface area contributed by atoms with Gasteiger partial charge in [-0.1, -0.05) is 127 Å². The maximum Gasteiger partial charge on any atom is 0.0788 e. The van der Waals surface area contributed by atoms with Gasteiger partial charge in [0.25, 0.3) is 0 Å². The Morgan fingerprint density at radius 3 is 1.25 bits per heavy atom. The van der Waals surface area contributed by atoms with E-state index in [0.717, 1.165) is 11.4 Å². The van der Waals surface area contributed by atoms with Gasteiger partial charge in [-0.2, -0.15) is 0 Å². The Balaban J connectivity index is 1.17. The van der Waals surface area contributed by atoms with Crippen LogP contribution in [0.25, 0.3) is 93.6 Å². The molecule has 0 radical (unpaired) electrons. The van der Waals surface area contributed by atoms with Crippen molar-refractivity contribution in [2.45, 2.75) is 0 Å². The fourth-order valence-electron chi connectivity index (χ4n) is 8.52. The molecule has 0 atom stereocenters. The Morgan fingerprint density at radius 1 is 0.255 bits per heavy atom. The second-order valence-electron chi connectivity index (χ2n) is 13.3. The summed E-state index contributed by atoms with van der Waals surface area (Å²) < 4.78 is 7.30. The number of nitrogens with zero attached hydrogens (tertiary/aromatic N) is 3. The molecule has 0 saturated heterocycles. The SMILES string of the molecule is c1ccc(-n2c3ccccc3c3c(-c4ccc(-n5c6ccccc6c6ccc7c8ccccc8n(-c8ccccc8)c7c65)cc4)cccc32)cc1. The molecule has 0 aliphatic rings. The van der Waals surface area contributed by atoms with Crippen LogP contribution in [0.3, 0.4) is 0 Å². The molecule has 0 unspecified atom stereocenters. The largest absolute Gasteiger partial charge is 0.309 e. The molecule has 0 fully saturated rings. The number of rotatable bonds is 4. The van der Waals surface area contributed by atoms with Crippen molar-refractivity contribution in [2.24, 2.45) is 0 Å². The third-order valence-corrected chi connectivity index (χ3v) is 10.6. The lowest BCUT2D eigenvalue weighted by molar-refractivity contribution is 1.15. The minimum Gasteiger partial charge on any atom is -0.309 e. The molecule has 0 amide bonds. The third-order valence-electron chi connectivity index (χ3n) is 10.6. The summed E-state index contributed by atoms with van der Waals surface area (Å²) in [6.45, 7) is 0. The van der Waals surface area contributed by atoms with Crippen LogP contribution in [0.5, 0.6) is 0 Å². The van der Waals surface area contributed by atoms with Crippen LogP contribution in [-0.2, 0) is 0 Å². The van der Waals surface area contributed by atoms with Crippen molar-refractivity contribution in [3.8, 4) is 28.2 Å². The monoisotopic (exact) mass is 649 g/mol. The molecular weight excluding hydrogens is 619 g/mol. The average Bonchev–Trinajstić information content (AvgIpc) is 3.85. The van der Waals surface area contributed by atoms with Gasteiger partial charge in [0.2, 0.25) is 0 Å². The van der Waals surface area contributed by atoms with E-state index < -0.39 is 0 Å². The van der Waals surface area contributed by atoms with E-state index in [4.69, 9.17) is 0 Å². The molecule has 8 aromatic carbocycles. The topological polar surface area (TPSA) is 14.8 Å². The molecule has 0 bridgehead atoms. The Labute approximate surface area is 294 Å². The van der Waals surface area contributed by atoms with Gasteiger partial charge in [0, 0.05) is 49.4 Å². The first-order valence-corrected chi connectivity index (χ1v) is 17.5. The van der Waals surface area contributed by atoms with Crippen molar-refractivity contribution < 1.29 is 0 Å². The first-order valence-electron chi connectivity index (χ1n) is 17.5. The van der Waals surface area contributed by atoms with Crippen LogP contribution in [0.15, 0.2) is 188 Å². The maximum absolute atomic E-state index is 2.47. The van der Waals surface area contributed by atoms with Crippen LogP contribution >= 0.6 is 0 Å². The molecule has 3 aromatic heterocycles. The molecule has 3 heteroatoms. The van der Waals surface area contributed by atoms with Crippen molar-refractivity contribution in [2.75, 3.05) is 0 Å². The smallest absolute Gasteiger partial charge is 0.0788 e. The predicted octanol–water partition coefficient (Wildman–Crippen LogP) is 12.6. The molecule has 51 heavy (non-hydrogen) atoms. The Kier molecular flexibility index (Phi) is 5.96. The Morgan fingerprint density at radius 2 is 0.686 bits per heavy atom. The minimum atomic E-state index is 1.14. The summed E-state index contributed by atoms with van der Waals surface area (Å²) in [6.07, 6.45) is 0. The second-order valence-corrected chi connectivity index (χ2v) is 13.3. The van der Waals surface area contributed by atoms with E-state index in [1.54, 1.807) is 0 Å². The highest BCUT2D eigenvalue weighted by molar-refractivity contribution is 6.24. The van der Waals surface area contributed by atoms with Crippen molar-refractivity contribution in [1.82, 2.24) is 13.7 Å². The average molecular weight is 650 g/mol. The zero-order valence-electron chi connectivity index (χ0n) is 27.7. The lowest BCUT2D eigenvalue weighted by Crippen LogP contribution is -1.98. The molecule has 0 aliphatic heterocycles. The third kappa shape index (κ3) is 4.00. The van der Waals surface area contributed by atoms with Crippen LogP contribution in [0.2, 0.25) is 0 Å². The fraction of sp³-hybridized carbons (Fsp3) is 0. The van der Waals surface area contributed by atoms with Gasteiger partial charge in [-0.05, 0) is 71.8 Å². The molecular formula is C48H31N3. The second kappa shape index (κ2) is 10.8. The fourth-order valence-corrected chi connectivity index (χ4v) is 8.52. The number of benzene rings is 8. The summed E-state index contributed by atoms with van der Waals surface area (Å²) in [7, 11) is 0. The van der Waals surface area contributed by atoms with Crippen molar-refractivity contribution in [3.05, 3.63) is 188 Å². The summed E-state index contributed by atoms with van der Waals surface area (Å²) >= 11 is 0. The van der Waals surface area contributed by atoms with Gasteiger partial charge in [0.05, 0.1) is 33.1 Å². The zero-order chi connectivity index (χ0) is 33.5. The Bertz CT molecular complexity index is 3110. The van der Waals surface area contributed by atoms with Gasteiger partial charge >= 0.3 is 0 Å². The van der Waals surface area contributed by atoms with Crippen molar-refractivity contribution in [1.29, 1.82) is 0 Å². The standard InChI is InChI=1S/C48H31N3/c1-3-14-33(15-4-1)49-44-24-12-9-20-41(44)46-36(21-13-25-45(46)49)32-26-28-35(29-27-32)51-43-23-11-8-19-38(43)40-31-30-39-37-18-7-10-22-42(37)50(47(39)48(40)51)34-16-5-2-6-17-34/h1-31H. The number of hydrogen-bond donors (Lipinski definition) is 0. The zero-order valence-corrected chi connectivity index (χ0v) is 27.7. The summed E-state index contributed by atoms with van der Waals surface area (Å²) in [6, 6.07) is 68.3. The van der Waals surface area contributed by atoms with Gasteiger partial charge in [-0.15, -0.1) is 0 Å². The minimum absolute atomic E-state index is 1.14. The summed E-state index contributed by atoms with van der Waals surface area (Å²) in [5.41, 5.74) is 13.2. The first-order chi connectivity index (χ1) is 25.3. The number of aromatic nitrogens is 3. The highest BCUT2D eigenvalue weighted by Crippen LogP contribution is 2.43. The summed E-state index contributed by atoms with van der Waals surface area (Å²) in [4.78, 5) is 0. The summed E-state index contributed by atoms with van der Waals surface area (Å²) in [5, 5.41) is 7.55. The molecule has 238 valence electrons. The van der Waals surface area contributed by atoms with Crippen molar-refractivity contribution in [3.63, 3.8) is 0 Å². The highest BCUT2D eigenvalue weighted by Gasteiger charge is 2.21. The highest BCUT2D eigenvalue weighted by atomic mass is 15.0. The molecule has 0 saturated carbocycles. The van der Waals surface area contributed by atoms with E-state index >= 15 is 0 Å². The number of hydrogen-bond acceptors (Lipinski definition) is 0. The molecule has 3 nitrogen and oxygen atoms in total. The molecule has 0 aliphatic carbocycles. The molecule has 11 rings (SSSR count). The quantitative estimate of drug-likeness (QED) is 0.180. The molecule has 11 aromatic rings. The van der Waals surface area contributed by atoms with E-state index in [2.05, 4.69) is 202 Å². The van der Waals surface area contributed by atoms with Gasteiger partial charge in [-0.3, -0.25) is 0 Å². The number of para-hydroxylation sites is 5. The lowest BCUT2D eigenvalue weighted by Gasteiger charge is -2.13. The van der Waals surface area contributed by atoms with Gasteiger partial charge < -0.3 is 13.7 Å². The van der Waals surface area contributed by atoms with Crippen LogP contribution in [0, 0.1) is 0 Å². The van der Waals surface area contributed by atoms with Gasteiger partial charge in [-0.25, -0.2) is 0 Å². The van der Waals surface area contributed by atoms with Gasteiger partial charge in [0.15, 0.2) is 0 Å².